The summed E-state index contributed by atoms with van der Waals surface area (Å²) in [7, 11) is 1.65. The lowest BCUT2D eigenvalue weighted by Crippen LogP contribution is -2.54. The molecular weight excluding hydrogens is 299 g/mol. The number of rotatable bonds is 7. The molecule has 2 heterocycles. The first-order chi connectivity index (χ1) is 11.1. The van der Waals surface area contributed by atoms with E-state index in [4.69, 9.17) is 4.74 Å². The van der Waals surface area contributed by atoms with Crippen molar-refractivity contribution < 1.29 is 13.9 Å². The van der Waals surface area contributed by atoms with E-state index in [1.807, 2.05) is 11.8 Å². The largest absolute Gasteiger partial charge is 0.385 e. The molecule has 0 aromatic carbocycles. The molecule has 0 unspecified atom stereocenters. The topological polar surface area (TPSA) is 57.7 Å². The molecule has 1 aliphatic heterocycles. The number of hydrogen-bond donors (Lipinski definition) is 1. The van der Waals surface area contributed by atoms with E-state index in [0.29, 0.717) is 45.1 Å². The van der Waals surface area contributed by atoms with E-state index in [9.17, 15) is 9.18 Å². The SMILES string of the molecule is COCCCNC(=O)[C@@H](C)N1CCN(c2ncccc2F)CC1. The summed E-state index contributed by atoms with van der Waals surface area (Å²) in [5.41, 5.74) is 0. The number of nitrogens with zero attached hydrogens (tertiary/aromatic N) is 3. The third kappa shape index (κ3) is 4.87. The van der Waals surface area contributed by atoms with Gasteiger partial charge in [-0.1, -0.05) is 0 Å². The van der Waals surface area contributed by atoms with Crippen LogP contribution in [0.5, 0.6) is 0 Å². The number of halogens is 1. The standard InChI is InChI=1S/C16H25FN4O2/c1-13(16(22)19-7-4-12-23-2)20-8-10-21(11-9-20)15-14(17)5-3-6-18-15/h3,5-6,13H,4,7-12H2,1-2H3,(H,19,22)/t13-/m1/s1. The Hall–Kier alpha value is -1.73. The lowest BCUT2D eigenvalue weighted by Gasteiger charge is -2.38. The van der Waals surface area contributed by atoms with Gasteiger partial charge in [-0.3, -0.25) is 9.69 Å². The Morgan fingerprint density at radius 1 is 1.43 bits per heavy atom. The van der Waals surface area contributed by atoms with E-state index in [1.54, 1.807) is 19.4 Å². The molecule has 0 saturated carbocycles. The fourth-order valence-corrected chi connectivity index (χ4v) is 2.67. The predicted molar refractivity (Wildman–Crippen MR) is 86.9 cm³/mol. The van der Waals surface area contributed by atoms with Gasteiger partial charge in [0.2, 0.25) is 5.91 Å². The number of anilines is 1. The molecule has 1 aromatic rings. The van der Waals surface area contributed by atoms with Crippen LogP contribution < -0.4 is 10.2 Å². The third-order valence-electron chi connectivity index (χ3n) is 4.10. The maximum absolute atomic E-state index is 13.8. The van der Waals surface area contributed by atoms with Gasteiger partial charge in [0.05, 0.1) is 6.04 Å². The van der Waals surface area contributed by atoms with Gasteiger partial charge in [-0.25, -0.2) is 9.37 Å². The Bertz CT molecular complexity index is 507. The molecule has 7 heteroatoms. The Morgan fingerprint density at radius 3 is 2.83 bits per heavy atom. The molecule has 1 N–H and O–H groups in total. The molecule has 128 valence electrons. The lowest BCUT2D eigenvalue weighted by atomic mass is 10.2. The van der Waals surface area contributed by atoms with Crippen LogP contribution in [-0.2, 0) is 9.53 Å². The second-order valence-electron chi connectivity index (χ2n) is 5.65. The van der Waals surface area contributed by atoms with Crippen LogP contribution in [0.3, 0.4) is 0 Å². The smallest absolute Gasteiger partial charge is 0.237 e. The number of carbonyl (C=O) groups excluding carboxylic acids is 1. The van der Waals surface area contributed by atoms with Crippen LogP contribution in [0.4, 0.5) is 10.2 Å². The molecule has 0 aliphatic carbocycles. The Morgan fingerprint density at radius 2 is 2.17 bits per heavy atom. The summed E-state index contributed by atoms with van der Waals surface area (Å²) in [5, 5.41) is 2.92. The highest BCUT2D eigenvalue weighted by Crippen LogP contribution is 2.17. The van der Waals surface area contributed by atoms with Crippen molar-refractivity contribution in [3.63, 3.8) is 0 Å². The maximum atomic E-state index is 13.8. The van der Waals surface area contributed by atoms with Crippen LogP contribution in [0, 0.1) is 5.82 Å². The van der Waals surface area contributed by atoms with E-state index in [1.165, 1.54) is 6.07 Å². The molecule has 23 heavy (non-hydrogen) atoms. The maximum Gasteiger partial charge on any atom is 0.237 e. The fourth-order valence-electron chi connectivity index (χ4n) is 2.67. The molecule has 1 aliphatic rings. The molecule has 0 bridgehead atoms. The molecule has 1 aromatic heterocycles. The lowest BCUT2D eigenvalue weighted by molar-refractivity contribution is -0.126. The van der Waals surface area contributed by atoms with Crippen molar-refractivity contribution in [2.75, 3.05) is 51.3 Å². The number of aromatic nitrogens is 1. The Kier molecular flexibility index (Phi) is 6.73. The van der Waals surface area contributed by atoms with Gasteiger partial charge in [0, 0.05) is 52.6 Å². The molecule has 2 rings (SSSR count). The minimum Gasteiger partial charge on any atom is -0.385 e. The molecule has 6 nitrogen and oxygen atoms in total. The van der Waals surface area contributed by atoms with Gasteiger partial charge < -0.3 is 15.0 Å². The van der Waals surface area contributed by atoms with Gasteiger partial charge in [-0.2, -0.15) is 0 Å². The number of methoxy groups -OCH3 is 1. The highest BCUT2D eigenvalue weighted by atomic mass is 19.1. The van der Waals surface area contributed by atoms with Crippen LogP contribution >= 0.6 is 0 Å². The minimum absolute atomic E-state index is 0.0265. The number of piperazine rings is 1. The van der Waals surface area contributed by atoms with Gasteiger partial charge in [0.15, 0.2) is 11.6 Å². The Labute approximate surface area is 136 Å². The van der Waals surface area contributed by atoms with Crippen molar-refractivity contribution in [1.82, 2.24) is 15.2 Å². The normalized spacial score (nSPS) is 17.1. The summed E-state index contributed by atoms with van der Waals surface area (Å²) >= 11 is 0. The van der Waals surface area contributed by atoms with Crippen molar-refractivity contribution in [2.45, 2.75) is 19.4 Å². The molecule has 1 amide bonds. The second kappa shape index (κ2) is 8.79. The molecule has 1 atom stereocenters. The fraction of sp³-hybridized carbons (Fsp3) is 0.625. The van der Waals surface area contributed by atoms with Gasteiger partial charge >= 0.3 is 0 Å². The quantitative estimate of drug-likeness (QED) is 0.755. The first-order valence-electron chi connectivity index (χ1n) is 7.99. The number of pyridine rings is 1. The predicted octanol–water partition coefficient (Wildman–Crippen LogP) is 0.884. The van der Waals surface area contributed by atoms with E-state index < -0.39 is 0 Å². The molecule has 1 fully saturated rings. The van der Waals surface area contributed by atoms with Crippen LogP contribution in [0.15, 0.2) is 18.3 Å². The zero-order chi connectivity index (χ0) is 16.7. The van der Waals surface area contributed by atoms with Crippen molar-refractivity contribution in [3.8, 4) is 0 Å². The number of nitrogens with one attached hydrogen (secondary N) is 1. The summed E-state index contributed by atoms with van der Waals surface area (Å²) in [6.07, 6.45) is 2.41. The first kappa shape index (κ1) is 17.6. The summed E-state index contributed by atoms with van der Waals surface area (Å²) < 4.78 is 18.7. The van der Waals surface area contributed by atoms with Crippen molar-refractivity contribution >= 4 is 11.7 Å². The average molecular weight is 324 g/mol. The highest BCUT2D eigenvalue weighted by molar-refractivity contribution is 5.81. The average Bonchev–Trinajstić information content (AvgIpc) is 2.58. The molecular formula is C16H25FN4O2. The number of ether oxygens (including phenoxy) is 1. The second-order valence-corrected chi connectivity index (χ2v) is 5.65. The van der Waals surface area contributed by atoms with Gasteiger partial charge in [-0.15, -0.1) is 0 Å². The van der Waals surface area contributed by atoms with Crippen molar-refractivity contribution in [2.24, 2.45) is 0 Å². The summed E-state index contributed by atoms with van der Waals surface area (Å²) in [6, 6.07) is 2.82. The van der Waals surface area contributed by atoms with E-state index in [-0.39, 0.29) is 17.8 Å². The third-order valence-corrected chi connectivity index (χ3v) is 4.10. The summed E-state index contributed by atoms with van der Waals surface area (Å²) in [5.74, 6) is 0.118. The van der Waals surface area contributed by atoms with Crippen LogP contribution in [0.25, 0.3) is 0 Å². The van der Waals surface area contributed by atoms with E-state index in [2.05, 4.69) is 15.2 Å². The molecule has 0 spiro atoms. The van der Waals surface area contributed by atoms with Gasteiger partial charge in [0.25, 0.3) is 0 Å². The zero-order valence-corrected chi connectivity index (χ0v) is 13.8. The number of hydrogen-bond acceptors (Lipinski definition) is 5. The van der Waals surface area contributed by atoms with Crippen molar-refractivity contribution in [3.05, 3.63) is 24.1 Å². The van der Waals surface area contributed by atoms with Crippen LogP contribution in [0.1, 0.15) is 13.3 Å². The summed E-state index contributed by atoms with van der Waals surface area (Å²) in [6.45, 7) is 5.91. The van der Waals surface area contributed by atoms with Crippen molar-refractivity contribution in [1.29, 1.82) is 0 Å². The zero-order valence-electron chi connectivity index (χ0n) is 13.8. The first-order valence-corrected chi connectivity index (χ1v) is 7.99. The van der Waals surface area contributed by atoms with Gasteiger partial charge in [0.1, 0.15) is 0 Å². The van der Waals surface area contributed by atoms with E-state index >= 15 is 0 Å². The van der Waals surface area contributed by atoms with Gasteiger partial charge in [-0.05, 0) is 25.5 Å². The molecule has 1 saturated heterocycles. The Balaban J connectivity index is 1.79. The van der Waals surface area contributed by atoms with Crippen LogP contribution in [-0.4, -0.2) is 68.3 Å². The minimum atomic E-state index is -0.301. The highest BCUT2D eigenvalue weighted by Gasteiger charge is 2.26. The molecule has 0 radical (unpaired) electrons. The monoisotopic (exact) mass is 324 g/mol. The van der Waals surface area contributed by atoms with E-state index in [0.717, 1.165) is 6.42 Å². The summed E-state index contributed by atoms with van der Waals surface area (Å²) in [4.78, 5) is 20.3. The number of amides is 1. The number of carbonyl (C=O) groups is 1. The van der Waals surface area contributed by atoms with Crippen LogP contribution in [0.2, 0.25) is 0 Å².